The monoisotopic (exact) mass is 353 g/mol. The largest absolute Gasteiger partial charge is 0.461 e. The molecule has 0 saturated heterocycles. The molecule has 3 rings (SSSR count). The molecule has 3 aromatic heterocycles. The summed E-state index contributed by atoms with van der Waals surface area (Å²) in [5, 5.41) is 9.01. The zero-order valence-electron chi connectivity index (χ0n) is 11.7. The van der Waals surface area contributed by atoms with E-state index in [9.17, 15) is 4.79 Å². The second-order valence-corrected chi connectivity index (χ2v) is 7.00. The van der Waals surface area contributed by atoms with Crippen LogP contribution in [0.3, 0.4) is 0 Å². The number of Topliss-reactive ketones (excluding diaryl/α,β-unsaturated/α-hetero) is 1. The first-order chi connectivity index (χ1) is 10.7. The summed E-state index contributed by atoms with van der Waals surface area (Å²) in [4.78, 5) is 12.8. The molecule has 0 radical (unpaired) electrons. The molecule has 8 heteroatoms. The Hall–Kier alpha value is -1.57. The van der Waals surface area contributed by atoms with Crippen molar-refractivity contribution in [2.45, 2.75) is 18.6 Å². The molecular formula is C14H12ClN3O2S2. The van der Waals surface area contributed by atoms with Crippen molar-refractivity contribution in [2.24, 2.45) is 0 Å². The third-order valence-corrected chi connectivity index (χ3v) is 5.19. The number of carbonyl (C=O) groups is 1. The number of aromatic nitrogens is 3. The zero-order valence-corrected chi connectivity index (χ0v) is 14.0. The van der Waals surface area contributed by atoms with Crippen molar-refractivity contribution in [3.05, 3.63) is 39.7 Å². The smallest absolute Gasteiger partial charge is 0.200 e. The molecule has 0 aliphatic heterocycles. The number of halogens is 1. The van der Waals surface area contributed by atoms with E-state index in [-0.39, 0.29) is 5.78 Å². The molecule has 3 heterocycles. The van der Waals surface area contributed by atoms with E-state index in [2.05, 4.69) is 10.2 Å². The van der Waals surface area contributed by atoms with Gasteiger partial charge in [-0.05, 0) is 31.2 Å². The molecule has 0 aromatic carbocycles. The number of carbonyl (C=O) groups excluding carboxylic acids is 1. The van der Waals surface area contributed by atoms with Crippen LogP contribution in [0.2, 0.25) is 4.34 Å². The molecule has 5 nitrogen and oxygen atoms in total. The first-order valence-electron chi connectivity index (χ1n) is 6.57. The first-order valence-corrected chi connectivity index (χ1v) is 8.75. The maximum atomic E-state index is 12.1. The summed E-state index contributed by atoms with van der Waals surface area (Å²) >= 11 is 8.50. The molecule has 22 heavy (non-hydrogen) atoms. The van der Waals surface area contributed by atoms with Crippen molar-refractivity contribution in [3.8, 4) is 11.6 Å². The van der Waals surface area contributed by atoms with Crippen LogP contribution in [0.15, 0.2) is 40.1 Å². The fraction of sp³-hybridized carbons (Fsp3) is 0.214. The van der Waals surface area contributed by atoms with Crippen LogP contribution in [0.4, 0.5) is 0 Å². The zero-order chi connectivity index (χ0) is 15.5. The van der Waals surface area contributed by atoms with Gasteiger partial charge in [-0.25, -0.2) is 0 Å². The normalized spacial score (nSPS) is 11.0. The molecule has 0 saturated carbocycles. The van der Waals surface area contributed by atoms with Crippen molar-refractivity contribution in [3.63, 3.8) is 0 Å². The number of nitrogens with zero attached hydrogens (tertiary/aromatic N) is 3. The van der Waals surface area contributed by atoms with Gasteiger partial charge in [0.05, 0.1) is 21.2 Å². The van der Waals surface area contributed by atoms with E-state index < -0.39 is 0 Å². The number of thiophene rings is 1. The highest BCUT2D eigenvalue weighted by molar-refractivity contribution is 7.99. The molecule has 0 N–H and O–H groups in total. The molecule has 0 bridgehead atoms. The van der Waals surface area contributed by atoms with Gasteiger partial charge in [0.25, 0.3) is 0 Å². The minimum absolute atomic E-state index is 0.0344. The summed E-state index contributed by atoms with van der Waals surface area (Å²) in [6.07, 6.45) is 1.60. The quantitative estimate of drug-likeness (QED) is 0.489. The molecule has 0 fully saturated rings. The first kappa shape index (κ1) is 15.3. The van der Waals surface area contributed by atoms with Gasteiger partial charge in [-0.1, -0.05) is 23.4 Å². The molecule has 114 valence electrons. The van der Waals surface area contributed by atoms with E-state index in [0.717, 1.165) is 0 Å². The minimum Gasteiger partial charge on any atom is -0.461 e. The van der Waals surface area contributed by atoms with E-state index >= 15 is 0 Å². The molecule has 0 spiro atoms. The summed E-state index contributed by atoms with van der Waals surface area (Å²) < 4.78 is 7.91. The van der Waals surface area contributed by atoms with Gasteiger partial charge in [0.1, 0.15) is 0 Å². The van der Waals surface area contributed by atoms with Gasteiger partial charge >= 0.3 is 0 Å². The van der Waals surface area contributed by atoms with Gasteiger partial charge in [0, 0.05) is 6.54 Å². The maximum Gasteiger partial charge on any atom is 0.200 e. The van der Waals surface area contributed by atoms with Crippen molar-refractivity contribution in [2.75, 3.05) is 5.75 Å². The number of rotatable bonds is 6. The van der Waals surface area contributed by atoms with Crippen molar-refractivity contribution in [1.29, 1.82) is 0 Å². The molecular weight excluding hydrogens is 342 g/mol. The van der Waals surface area contributed by atoms with Gasteiger partial charge in [0.15, 0.2) is 22.5 Å². The Bertz CT molecular complexity index is 780. The number of hydrogen-bond donors (Lipinski definition) is 0. The average molecular weight is 354 g/mol. The van der Waals surface area contributed by atoms with Crippen molar-refractivity contribution < 1.29 is 9.21 Å². The molecule has 0 aliphatic rings. The molecule has 0 aliphatic carbocycles. The Balaban J connectivity index is 1.74. The SMILES string of the molecule is CCn1c(SCC(=O)c2ccc(Cl)s2)nnc1-c1ccco1. The van der Waals surface area contributed by atoms with Crippen LogP contribution in [-0.4, -0.2) is 26.3 Å². The van der Waals surface area contributed by atoms with Crippen LogP contribution >= 0.6 is 34.7 Å². The van der Waals surface area contributed by atoms with Crippen LogP contribution in [0.25, 0.3) is 11.6 Å². The van der Waals surface area contributed by atoms with E-state index in [0.29, 0.717) is 38.3 Å². The third kappa shape index (κ3) is 3.11. The summed E-state index contributed by atoms with van der Waals surface area (Å²) in [6, 6.07) is 7.12. The van der Waals surface area contributed by atoms with Crippen molar-refractivity contribution in [1.82, 2.24) is 14.8 Å². The van der Waals surface area contributed by atoms with E-state index in [1.54, 1.807) is 24.5 Å². The van der Waals surface area contributed by atoms with Crippen LogP contribution in [0, 0.1) is 0 Å². The summed E-state index contributed by atoms with van der Waals surface area (Å²) in [7, 11) is 0. The number of hydrogen-bond acceptors (Lipinski definition) is 6. The lowest BCUT2D eigenvalue weighted by atomic mass is 10.4. The summed E-state index contributed by atoms with van der Waals surface area (Å²) in [6.45, 7) is 2.70. The fourth-order valence-corrected chi connectivity index (χ4v) is 3.89. The summed E-state index contributed by atoms with van der Waals surface area (Å²) in [5.41, 5.74) is 0. The Morgan fingerprint density at radius 1 is 1.41 bits per heavy atom. The van der Waals surface area contributed by atoms with E-state index in [1.807, 2.05) is 17.6 Å². The second-order valence-electron chi connectivity index (χ2n) is 4.34. The standard InChI is InChI=1S/C14H12ClN3O2S2/c1-2-18-13(10-4-3-7-20-10)16-17-14(18)21-8-9(19)11-5-6-12(15)22-11/h3-7H,2,8H2,1H3. The molecule has 0 amide bonds. The number of ketones is 1. The maximum absolute atomic E-state index is 12.1. The van der Waals surface area contributed by atoms with Crippen LogP contribution in [0.1, 0.15) is 16.6 Å². The van der Waals surface area contributed by atoms with E-state index in [1.165, 1.54) is 23.1 Å². The highest BCUT2D eigenvalue weighted by Gasteiger charge is 2.17. The van der Waals surface area contributed by atoms with Crippen molar-refractivity contribution >= 4 is 40.5 Å². The van der Waals surface area contributed by atoms with Gasteiger partial charge in [-0.15, -0.1) is 21.5 Å². The van der Waals surface area contributed by atoms with E-state index in [4.69, 9.17) is 16.0 Å². The van der Waals surface area contributed by atoms with Crippen LogP contribution < -0.4 is 0 Å². The fourth-order valence-electron chi connectivity index (χ4n) is 1.93. The van der Waals surface area contributed by atoms with Crippen LogP contribution in [0.5, 0.6) is 0 Å². The topological polar surface area (TPSA) is 60.9 Å². The lowest BCUT2D eigenvalue weighted by molar-refractivity contribution is 0.102. The predicted octanol–water partition coefficient (Wildman–Crippen LogP) is 4.25. The predicted molar refractivity (Wildman–Crippen MR) is 87.8 cm³/mol. The number of thioether (sulfide) groups is 1. The van der Waals surface area contributed by atoms with Gasteiger partial charge in [0.2, 0.25) is 0 Å². The highest BCUT2D eigenvalue weighted by atomic mass is 35.5. The van der Waals surface area contributed by atoms with Crippen LogP contribution in [-0.2, 0) is 6.54 Å². The number of furan rings is 1. The highest BCUT2D eigenvalue weighted by Crippen LogP contribution is 2.27. The Morgan fingerprint density at radius 3 is 2.91 bits per heavy atom. The Morgan fingerprint density at radius 2 is 2.27 bits per heavy atom. The molecule has 0 unspecified atom stereocenters. The van der Waals surface area contributed by atoms with Gasteiger partial charge in [-0.2, -0.15) is 0 Å². The minimum atomic E-state index is 0.0344. The lowest BCUT2D eigenvalue weighted by Gasteiger charge is -2.04. The Labute approximate surface area is 140 Å². The summed E-state index contributed by atoms with van der Waals surface area (Å²) in [5.74, 6) is 1.67. The van der Waals surface area contributed by atoms with Gasteiger partial charge in [-0.3, -0.25) is 9.36 Å². The Kier molecular flexibility index (Phi) is 4.66. The third-order valence-electron chi connectivity index (χ3n) is 2.96. The lowest BCUT2D eigenvalue weighted by Crippen LogP contribution is -2.03. The molecule has 3 aromatic rings. The van der Waals surface area contributed by atoms with Gasteiger partial charge < -0.3 is 4.42 Å². The second kappa shape index (κ2) is 6.68. The molecule has 0 atom stereocenters. The average Bonchev–Trinajstić information content (AvgIpc) is 3.24.